The minimum Gasteiger partial charge on any atom is -0.462 e. The topological polar surface area (TPSA) is 85.2 Å². The average molecular weight is 384 g/mol. The van der Waals surface area contributed by atoms with Gasteiger partial charge in [-0.3, -0.25) is 4.79 Å². The number of carbonyl (C=O) groups excluding carboxylic acids is 2. The molecule has 28 heavy (non-hydrogen) atoms. The number of nitrogens with zero attached hydrogens (tertiary/aromatic N) is 2. The van der Waals surface area contributed by atoms with E-state index in [1.807, 2.05) is 17.7 Å². The maximum absolute atomic E-state index is 12.3. The zero-order valence-electron chi connectivity index (χ0n) is 16.3. The second-order valence-corrected chi connectivity index (χ2v) is 7.07. The largest absolute Gasteiger partial charge is 0.462 e. The van der Waals surface area contributed by atoms with Crippen LogP contribution >= 0.6 is 0 Å². The highest BCUT2D eigenvalue weighted by Gasteiger charge is 2.20. The third kappa shape index (κ3) is 5.34. The minimum atomic E-state index is -0.321. The number of esters is 1. The summed E-state index contributed by atoms with van der Waals surface area (Å²) >= 11 is 0. The molecule has 2 aromatic rings. The Morgan fingerprint density at radius 1 is 1.18 bits per heavy atom. The molecular formula is C21H28N4O3. The standard InChI is InChI=1S/C21H28N4O3/c1-2-3-14-28-21(27)16-8-10-17(11-9-16)22-15-20(26)24-19-12-13-23-25(19)18-6-4-5-7-18/h8-13,18,22H,2-7,14-15H2,1H3,(H,24,26). The molecule has 1 aliphatic rings. The van der Waals surface area contributed by atoms with Crippen molar-refractivity contribution in [2.24, 2.45) is 0 Å². The van der Waals surface area contributed by atoms with Crippen LogP contribution in [0.1, 0.15) is 61.8 Å². The number of carbonyl (C=O) groups is 2. The summed E-state index contributed by atoms with van der Waals surface area (Å²) < 4.78 is 7.11. The van der Waals surface area contributed by atoms with Gasteiger partial charge in [0, 0.05) is 11.8 Å². The molecule has 0 bridgehead atoms. The minimum absolute atomic E-state index is 0.135. The zero-order valence-corrected chi connectivity index (χ0v) is 16.3. The summed E-state index contributed by atoms with van der Waals surface area (Å²) in [6, 6.07) is 9.14. The molecule has 3 rings (SSSR count). The summed E-state index contributed by atoms with van der Waals surface area (Å²) in [5.74, 6) is 0.282. The predicted molar refractivity (Wildman–Crippen MR) is 108 cm³/mol. The summed E-state index contributed by atoms with van der Waals surface area (Å²) in [6.07, 6.45) is 8.20. The fraction of sp³-hybridized carbons (Fsp3) is 0.476. The first kappa shape index (κ1) is 19.9. The molecule has 1 amide bonds. The normalized spacial score (nSPS) is 14.0. The number of anilines is 2. The van der Waals surface area contributed by atoms with E-state index >= 15 is 0 Å². The van der Waals surface area contributed by atoms with E-state index in [0.29, 0.717) is 18.2 Å². The quantitative estimate of drug-likeness (QED) is 0.504. The maximum Gasteiger partial charge on any atom is 0.338 e. The molecule has 1 heterocycles. The van der Waals surface area contributed by atoms with Crippen LogP contribution in [0.15, 0.2) is 36.5 Å². The third-order valence-corrected chi connectivity index (χ3v) is 4.91. The first-order chi connectivity index (χ1) is 13.7. The van der Waals surface area contributed by atoms with E-state index in [4.69, 9.17) is 4.74 Å². The molecular weight excluding hydrogens is 356 g/mol. The van der Waals surface area contributed by atoms with E-state index in [-0.39, 0.29) is 18.4 Å². The molecule has 1 fully saturated rings. The van der Waals surface area contributed by atoms with E-state index in [9.17, 15) is 9.59 Å². The van der Waals surface area contributed by atoms with Gasteiger partial charge < -0.3 is 15.4 Å². The van der Waals surface area contributed by atoms with Crippen LogP contribution in [0.3, 0.4) is 0 Å². The molecule has 1 aromatic heterocycles. The van der Waals surface area contributed by atoms with E-state index in [1.165, 1.54) is 12.8 Å². The van der Waals surface area contributed by atoms with Gasteiger partial charge in [-0.25, -0.2) is 9.48 Å². The highest BCUT2D eigenvalue weighted by Crippen LogP contribution is 2.31. The number of unbranched alkanes of at least 4 members (excludes halogenated alkanes) is 1. The molecule has 1 aliphatic carbocycles. The van der Waals surface area contributed by atoms with Gasteiger partial charge in [-0.2, -0.15) is 5.10 Å². The summed E-state index contributed by atoms with van der Waals surface area (Å²) in [5.41, 5.74) is 1.27. The number of rotatable bonds is 9. The van der Waals surface area contributed by atoms with Crippen molar-refractivity contribution in [2.75, 3.05) is 23.8 Å². The molecule has 0 atom stereocenters. The second-order valence-electron chi connectivity index (χ2n) is 7.07. The van der Waals surface area contributed by atoms with Crippen molar-refractivity contribution in [2.45, 2.75) is 51.5 Å². The van der Waals surface area contributed by atoms with Crippen molar-refractivity contribution in [1.82, 2.24) is 9.78 Å². The van der Waals surface area contributed by atoms with Crippen molar-refractivity contribution in [3.8, 4) is 0 Å². The number of hydrogen-bond acceptors (Lipinski definition) is 5. The van der Waals surface area contributed by atoms with E-state index < -0.39 is 0 Å². The van der Waals surface area contributed by atoms with Gasteiger partial charge in [0.15, 0.2) is 0 Å². The molecule has 1 saturated carbocycles. The summed E-state index contributed by atoms with van der Waals surface area (Å²) in [4.78, 5) is 24.2. The van der Waals surface area contributed by atoms with Crippen molar-refractivity contribution in [3.05, 3.63) is 42.1 Å². The lowest BCUT2D eigenvalue weighted by Crippen LogP contribution is -2.24. The molecule has 1 aromatic carbocycles. The number of aromatic nitrogens is 2. The molecule has 7 nitrogen and oxygen atoms in total. The highest BCUT2D eigenvalue weighted by molar-refractivity contribution is 5.93. The lowest BCUT2D eigenvalue weighted by atomic mass is 10.2. The smallest absolute Gasteiger partial charge is 0.338 e. The fourth-order valence-electron chi connectivity index (χ4n) is 3.34. The Morgan fingerprint density at radius 2 is 1.93 bits per heavy atom. The Labute approximate surface area is 165 Å². The van der Waals surface area contributed by atoms with Gasteiger partial charge in [-0.1, -0.05) is 26.2 Å². The second kappa shape index (κ2) is 9.92. The molecule has 0 unspecified atom stereocenters. The van der Waals surface area contributed by atoms with Crippen molar-refractivity contribution in [3.63, 3.8) is 0 Å². The van der Waals surface area contributed by atoms with Crippen LogP contribution in [0, 0.1) is 0 Å². The van der Waals surface area contributed by atoms with E-state index in [2.05, 4.69) is 15.7 Å². The summed E-state index contributed by atoms with van der Waals surface area (Å²) in [6.45, 7) is 2.62. The molecule has 0 radical (unpaired) electrons. The summed E-state index contributed by atoms with van der Waals surface area (Å²) in [5, 5.41) is 10.4. The van der Waals surface area contributed by atoms with Crippen molar-refractivity contribution in [1.29, 1.82) is 0 Å². The maximum atomic E-state index is 12.3. The Kier molecular flexibility index (Phi) is 7.06. The molecule has 150 valence electrons. The van der Waals surface area contributed by atoms with Crippen LogP contribution in [0.4, 0.5) is 11.5 Å². The molecule has 0 spiro atoms. The first-order valence-corrected chi connectivity index (χ1v) is 10.0. The number of benzene rings is 1. The number of hydrogen-bond donors (Lipinski definition) is 2. The number of ether oxygens (including phenoxy) is 1. The van der Waals surface area contributed by atoms with Gasteiger partial charge >= 0.3 is 5.97 Å². The van der Waals surface area contributed by atoms with Crippen LogP contribution in [0.5, 0.6) is 0 Å². The monoisotopic (exact) mass is 384 g/mol. The SMILES string of the molecule is CCCCOC(=O)c1ccc(NCC(=O)Nc2ccnn2C2CCCC2)cc1. The van der Waals surface area contributed by atoms with Gasteiger partial charge in [0.1, 0.15) is 5.82 Å². The van der Waals surface area contributed by atoms with Crippen LogP contribution in [0.25, 0.3) is 0 Å². The van der Waals surface area contributed by atoms with Gasteiger partial charge in [0.2, 0.25) is 5.91 Å². The lowest BCUT2D eigenvalue weighted by Gasteiger charge is -2.15. The van der Waals surface area contributed by atoms with Crippen molar-refractivity contribution >= 4 is 23.4 Å². The molecule has 0 aliphatic heterocycles. The molecule has 0 saturated heterocycles. The van der Waals surface area contributed by atoms with Gasteiger partial charge in [-0.15, -0.1) is 0 Å². The van der Waals surface area contributed by atoms with Gasteiger partial charge in [0.25, 0.3) is 0 Å². The van der Waals surface area contributed by atoms with E-state index in [1.54, 1.807) is 30.5 Å². The Bertz CT molecular complexity index is 779. The Balaban J connectivity index is 1.47. The van der Waals surface area contributed by atoms with Crippen LogP contribution in [-0.4, -0.2) is 34.8 Å². The first-order valence-electron chi connectivity index (χ1n) is 10.0. The van der Waals surface area contributed by atoms with E-state index in [0.717, 1.165) is 37.2 Å². The van der Waals surface area contributed by atoms with Crippen LogP contribution < -0.4 is 10.6 Å². The third-order valence-electron chi connectivity index (χ3n) is 4.91. The number of amides is 1. The average Bonchev–Trinajstić information content (AvgIpc) is 3.38. The van der Waals surface area contributed by atoms with Gasteiger partial charge in [-0.05, 0) is 43.5 Å². The van der Waals surface area contributed by atoms with Crippen LogP contribution in [-0.2, 0) is 9.53 Å². The lowest BCUT2D eigenvalue weighted by molar-refractivity contribution is -0.114. The number of nitrogens with one attached hydrogen (secondary N) is 2. The Hall–Kier alpha value is -2.83. The Morgan fingerprint density at radius 3 is 2.64 bits per heavy atom. The molecule has 2 N–H and O–H groups in total. The zero-order chi connectivity index (χ0) is 19.8. The summed E-state index contributed by atoms with van der Waals surface area (Å²) in [7, 11) is 0. The highest BCUT2D eigenvalue weighted by atomic mass is 16.5. The van der Waals surface area contributed by atoms with Gasteiger partial charge in [0.05, 0.1) is 31.0 Å². The molecule has 7 heteroatoms. The fourth-order valence-corrected chi connectivity index (χ4v) is 3.34. The predicted octanol–water partition coefficient (Wildman–Crippen LogP) is 4.01. The van der Waals surface area contributed by atoms with Crippen LogP contribution in [0.2, 0.25) is 0 Å². The van der Waals surface area contributed by atoms with Crippen molar-refractivity contribution < 1.29 is 14.3 Å².